The van der Waals surface area contributed by atoms with Crippen LogP contribution < -0.4 is 10.6 Å². The lowest BCUT2D eigenvalue weighted by Crippen LogP contribution is -2.48. The van der Waals surface area contributed by atoms with Gasteiger partial charge >= 0.3 is 12.0 Å². The van der Waals surface area contributed by atoms with Crippen LogP contribution in [-0.2, 0) is 4.79 Å². The third kappa shape index (κ3) is 6.03. The van der Waals surface area contributed by atoms with E-state index >= 15 is 0 Å². The summed E-state index contributed by atoms with van der Waals surface area (Å²) in [7, 11) is 0. The monoisotopic (exact) mass is 302 g/mol. The summed E-state index contributed by atoms with van der Waals surface area (Å²) >= 11 is 1.93. The maximum atomic E-state index is 11.8. The Kier molecular flexibility index (Phi) is 7.80. The zero-order valence-electron chi connectivity index (χ0n) is 12.4. The second-order valence-electron chi connectivity index (χ2n) is 5.24. The Morgan fingerprint density at radius 3 is 2.70 bits per heavy atom. The molecule has 0 saturated heterocycles. The van der Waals surface area contributed by atoms with E-state index in [0.717, 1.165) is 37.9 Å². The van der Waals surface area contributed by atoms with Gasteiger partial charge in [-0.3, -0.25) is 0 Å². The average Bonchev–Trinajstić information content (AvgIpc) is 2.82. The standard InChI is InChI=1S/C14H26N2O3S/c1-3-5-6-12(13(17)18)16-14(19)15-10-7-8-11(9-10)20-4-2/h10-12H,3-9H2,1-2H3,(H,17,18)(H2,15,16,19). The second kappa shape index (κ2) is 9.10. The first-order chi connectivity index (χ1) is 9.56. The number of carboxylic acids is 1. The van der Waals surface area contributed by atoms with Gasteiger partial charge in [0.25, 0.3) is 0 Å². The molecule has 0 bridgehead atoms. The van der Waals surface area contributed by atoms with E-state index in [1.165, 1.54) is 0 Å². The maximum Gasteiger partial charge on any atom is 0.326 e. The molecule has 1 aliphatic rings. The molecule has 1 aliphatic carbocycles. The second-order valence-corrected chi connectivity index (χ2v) is 6.82. The van der Waals surface area contributed by atoms with E-state index in [9.17, 15) is 9.59 Å². The first-order valence-corrected chi connectivity index (χ1v) is 8.53. The van der Waals surface area contributed by atoms with Gasteiger partial charge in [-0.25, -0.2) is 9.59 Å². The first-order valence-electron chi connectivity index (χ1n) is 7.48. The van der Waals surface area contributed by atoms with Gasteiger partial charge in [0.05, 0.1) is 0 Å². The molecule has 2 amide bonds. The van der Waals surface area contributed by atoms with Crippen molar-refractivity contribution in [1.29, 1.82) is 0 Å². The minimum Gasteiger partial charge on any atom is -0.480 e. The Morgan fingerprint density at radius 2 is 2.10 bits per heavy atom. The first kappa shape index (κ1) is 17.1. The van der Waals surface area contributed by atoms with Gasteiger partial charge in [0.2, 0.25) is 0 Å². The smallest absolute Gasteiger partial charge is 0.326 e. The molecule has 6 heteroatoms. The predicted molar refractivity (Wildman–Crippen MR) is 82.2 cm³/mol. The number of thioether (sulfide) groups is 1. The van der Waals surface area contributed by atoms with Crippen LogP contribution in [0.3, 0.4) is 0 Å². The highest BCUT2D eigenvalue weighted by Gasteiger charge is 2.27. The summed E-state index contributed by atoms with van der Waals surface area (Å²) in [6.07, 6.45) is 5.30. The molecule has 20 heavy (non-hydrogen) atoms. The van der Waals surface area contributed by atoms with Crippen molar-refractivity contribution < 1.29 is 14.7 Å². The molecule has 0 spiro atoms. The van der Waals surface area contributed by atoms with E-state index in [2.05, 4.69) is 17.6 Å². The zero-order chi connectivity index (χ0) is 15.0. The predicted octanol–water partition coefficient (Wildman–Crippen LogP) is 2.60. The molecule has 0 heterocycles. The topological polar surface area (TPSA) is 78.4 Å². The number of carbonyl (C=O) groups is 2. The molecule has 3 atom stereocenters. The summed E-state index contributed by atoms with van der Waals surface area (Å²) in [5.74, 6) is 0.140. The molecule has 0 radical (unpaired) electrons. The Labute approximate surface area is 125 Å². The fourth-order valence-corrected chi connectivity index (χ4v) is 3.65. The molecular formula is C14H26N2O3S. The van der Waals surface area contributed by atoms with E-state index in [-0.39, 0.29) is 12.1 Å². The normalized spacial score (nSPS) is 23.3. The molecule has 1 fully saturated rings. The lowest BCUT2D eigenvalue weighted by Gasteiger charge is -2.18. The number of rotatable bonds is 8. The number of carboxylic acid groups (broad SMARTS) is 1. The molecular weight excluding hydrogens is 276 g/mol. The molecule has 5 nitrogen and oxygen atoms in total. The molecule has 0 aromatic rings. The van der Waals surface area contributed by atoms with Gasteiger partial charge in [-0.2, -0.15) is 11.8 Å². The highest BCUT2D eigenvalue weighted by atomic mass is 32.2. The number of hydrogen-bond acceptors (Lipinski definition) is 3. The summed E-state index contributed by atoms with van der Waals surface area (Å²) in [5.41, 5.74) is 0. The van der Waals surface area contributed by atoms with Gasteiger partial charge in [-0.15, -0.1) is 0 Å². The Bertz CT molecular complexity index is 326. The Balaban J connectivity index is 2.33. The third-order valence-electron chi connectivity index (χ3n) is 3.57. The van der Waals surface area contributed by atoms with Gasteiger partial charge in [0.1, 0.15) is 6.04 Å². The van der Waals surface area contributed by atoms with Crippen LogP contribution in [0.2, 0.25) is 0 Å². The minimum atomic E-state index is -0.959. The number of amides is 2. The van der Waals surface area contributed by atoms with Crippen molar-refractivity contribution in [2.24, 2.45) is 0 Å². The van der Waals surface area contributed by atoms with Gasteiger partial charge in [-0.05, 0) is 31.4 Å². The molecule has 1 saturated carbocycles. The lowest BCUT2D eigenvalue weighted by atomic mass is 10.1. The van der Waals surface area contributed by atoms with Gasteiger partial charge < -0.3 is 15.7 Å². The van der Waals surface area contributed by atoms with E-state index in [0.29, 0.717) is 11.7 Å². The maximum absolute atomic E-state index is 11.8. The number of hydrogen-bond donors (Lipinski definition) is 3. The minimum absolute atomic E-state index is 0.180. The molecule has 0 aliphatic heterocycles. The summed E-state index contributed by atoms with van der Waals surface area (Å²) < 4.78 is 0. The summed E-state index contributed by atoms with van der Waals surface area (Å²) in [4.78, 5) is 22.9. The molecule has 0 aromatic heterocycles. The number of nitrogens with one attached hydrogen (secondary N) is 2. The summed E-state index contributed by atoms with van der Waals surface area (Å²) in [6.45, 7) is 4.15. The highest BCUT2D eigenvalue weighted by Crippen LogP contribution is 2.29. The summed E-state index contributed by atoms with van der Waals surface area (Å²) in [6, 6.07) is -0.947. The van der Waals surface area contributed by atoms with Crippen molar-refractivity contribution >= 4 is 23.8 Å². The quantitative estimate of drug-likeness (QED) is 0.644. The number of unbranched alkanes of at least 4 members (excludes halogenated alkanes) is 1. The van der Waals surface area contributed by atoms with Gasteiger partial charge in [0, 0.05) is 11.3 Å². The lowest BCUT2D eigenvalue weighted by molar-refractivity contribution is -0.139. The Hall–Kier alpha value is -0.910. The van der Waals surface area contributed by atoms with Crippen molar-refractivity contribution in [1.82, 2.24) is 10.6 Å². The van der Waals surface area contributed by atoms with Crippen molar-refractivity contribution in [3.05, 3.63) is 0 Å². The number of urea groups is 1. The van der Waals surface area contributed by atoms with E-state index in [1.807, 2.05) is 18.7 Å². The van der Waals surface area contributed by atoms with Crippen LogP contribution in [0.1, 0.15) is 52.4 Å². The largest absolute Gasteiger partial charge is 0.480 e. The zero-order valence-corrected chi connectivity index (χ0v) is 13.2. The SMILES string of the molecule is CCCCC(NC(=O)NC1CCC(SCC)C1)C(=O)O. The van der Waals surface area contributed by atoms with Gasteiger partial charge in [-0.1, -0.05) is 26.7 Å². The van der Waals surface area contributed by atoms with Crippen molar-refractivity contribution in [3.8, 4) is 0 Å². The van der Waals surface area contributed by atoms with Crippen LogP contribution in [0.25, 0.3) is 0 Å². The average molecular weight is 302 g/mol. The van der Waals surface area contributed by atoms with Crippen molar-refractivity contribution in [2.75, 3.05) is 5.75 Å². The summed E-state index contributed by atoms with van der Waals surface area (Å²) in [5, 5.41) is 15.2. The van der Waals surface area contributed by atoms with E-state index < -0.39 is 12.0 Å². The molecule has 1 rings (SSSR count). The molecule has 0 aromatic carbocycles. The molecule has 116 valence electrons. The fraction of sp³-hybridized carbons (Fsp3) is 0.857. The van der Waals surface area contributed by atoms with Crippen LogP contribution in [0.5, 0.6) is 0 Å². The van der Waals surface area contributed by atoms with Crippen LogP contribution in [0.15, 0.2) is 0 Å². The van der Waals surface area contributed by atoms with Crippen LogP contribution in [0, 0.1) is 0 Å². The van der Waals surface area contributed by atoms with Crippen LogP contribution >= 0.6 is 11.8 Å². The van der Waals surface area contributed by atoms with E-state index in [4.69, 9.17) is 5.11 Å². The highest BCUT2D eigenvalue weighted by molar-refractivity contribution is 7.99. The number of carbonyl (C=O) groups excluding carboxylic acids is 1. The van der Waals surface area contributed by atoms with Crippen LogP contribution in [-0.4, -0.2) is 40.2 Å². The van der Waals surface area contributed by atoms with Crippen molar-refractivity contribution in [2.45, 2.75) is 69.7 Å². The number of aliphatic carboxylic acids is 1. The van der Waals surface area contributed by atoms with E-state index in [1.54, 1.807) is 0 Å². The third-order valence-corrected chi connectivity index (χ3v) is 4.80. The molecule has 3 unspecified atom stereocenters. The molecule has 3 N–H and O–H groups in total. The van der Waals surface area contributed by atoms with Crippen molar-refractivity contribution in [3.63, 3.8) is 0 Å². The fourth-order valence-electron chi connectivity index (χ4n) is 2.51. The van der Waals surface area contributed by atoms with Crippen LogP contribution in [0.4, 0.5) is 4.79 Å². The van der Waals surface area contributed by atoms with Gasteiger partial charge in [0.15, 0.2) is 0 Å². The Morgan fingerprint density at radius 1 is 1.35 bits per heavy atom.